The molecule has 94 valence electrons. The fraction of sp³-hybridized carbons (Fsp3) is 0.538. The molecule has 0 saturated carbocycles. The summed E-state index contributed by atoms with van der Waals surface area (Å²) in [4.78, 5) is 15.9. The molecule has 0 atom stereocenters. The summed E-state index contributed by atoms with van der Waals surface area (Å²) in [5, 5.41) is 3.86. The fourth-order valence-corrected chi connectivity index (χ4v) is 2.58. The number of amides is 1. The standard InChI is InChI=1S/C13H19BrN2O/c1-3-13(4-2,9-14)10-16-12(17)11-7-5-6-8-15-11/h5-8H,3-4,9-10H2,1-2H3,(H,16,17). The van der Waals surface area contributed by atoms with Gasteiger partial charge in [-0.3, -0.25) is 9.78 Å². The second kappa shape index (κ2) is 6.74. The highest BCUT2D eigenvalue weighted by atomic mass is 79.9. The topological polar surface area (TPSA) is 42.0 Å². The first-order valence-corrected chi connectivity index (χ1v) is 7.05. The minimum absolute atomic E-state index is 0.0992. The van der Waals surface area contributed by atoms with E-state index in [1.807, 2.05) is 6.07 Å². The van der Waals surface area contributed by atoms with E-state index < -0.39 is 0 Å². The van der Waals surface area contributed by atoms with Gasteiger partial charge in [0.25, 0.3) is 5.91 Å². The molecule has 1 aromatic heterocycles. The maximum Gasteiger partial charge on any atom is 0.269 e. The van der Waals surface area contributed by atoms with Crippen molar-refractivity contribution in [2.45, 2.75) is 26.7 Å². The number of carbonyl (C=O) groups excluding carboxylic acids is 1. The van der Waals surface area contributed by atoms with Crippen molar-refractivity contribution in [2.75, 3.05) is 11.9 Å². The van der Waals surface area contributed by atoms with Gasteiger partial charge >= 0.3 is 0 Å². The van der Waals surface area contributed by atoms with E-state index in [0.29, 0.717) is 12.2 Å². The van der Waals surface area contributed by atoms with Crippen LogP contribution >= 0.6 is 15.9 Å². The van der Waals surface area contributed by atoms with Crippen LogP contribution in [0.1, 0.15) is 37.2 Å². The third-order valence-electron chi connectivity index (χ3n) is 3.30. The van der Waals surface area contributed by atoms with Crippen molar-refractivity contribution in [1.82, 2.24) is 10.3 Å². The molecule has 1 amide bonds. The zero-order valence-corrected chi connectivity index (χ0v) is 12.0. The predicted molar refractivity (Wildman–Crippen MR) is 73.4 cm³/mol. The molecule has 0 saturated heterocycles. The van der Waals surface area contributed by atoms with Crippen LogP contribution in [0.4, 0.5) is 0 Å². The van der Waals surface area contributed by atoms with Crippen LogP contribution in [-0.4, -0.2) is 22.8 Å². The summed E-state index contributed by atoms with van der Waals surface area (Å²) >= 11 is 3.53. The summed E-state index contributed by atoms with van der Waals surface area (Å²) in [6, 6.07) is 5.35. The Hall–Kier alpha value is -0.900. The first kappa shape index (κ1) is 14.2. The Morgan fingerprint density at radius 3 is 2.59 bits per heavy atom. The summed E-state index contributed by atoms with van der Waals surface area (Å²) in [5.74, 6) is -0.0992. The molecular weight excluding hydrogens is 280 g/mol. The Labute approximate surface area is 111 Å². The van der Waals surface area contributed by atoms with E-state index in [-0.39, 0.29) is 11.3 Å². The van der Waals surface area contributed by atoms with Crippen molar-refractivity contribution in [3.63, 3.8) is 0 Å². The molecule has 1 aromatic rings. The SMILES string of the molecule is CCC(CC)(CBr)CNC(=O)c1ccccn1. The molecule has 0 aliphatic rings. The van der Waals surface area contributed by atoms with E-state index >= 15 is 0 Å². The van der Waals surface area contributed by atoms with Crippen molar-refractivity contribution in [3.05, 3.63) is 30.1 Å². The largest absolute Gasteiger partial charge is 0.350 e. The maximum absolute atomic E-state index is 11.9. The molecule has 0 spiro atoms. The van der Waals surface area contributed by atoms with Gasteiger partial charge in [-0.25, -0.2) is 0 Å². The molecule has 0 aromatic carbocycles. The number of nitrogens with zero attached hydrogens (tertiary/aromatic N) is 1. The first-order chi connectivity index (χ1) is 8.17. The van der Waals surface area contributed by atoms with E-state index in [9.17, 15) is 4.79 Å². The predicted octanol–water partition coefficient (Wildman–Crippen LogP) is 3.01. The summed E-state index contributed by atoms with van der Waals surface area (Å²) in [6.45, 7) is 4.98. The second-order valence-corrected chi connectivity index (χ2v) is 4.80. The third kappa shape index (κ3) is 3.80. The summed E-state index contributed by atoms with van der Waals surface area (Å²) in [6.07, 6.45) is 3.71. The van der Waals surface area contributed by atoms with Crippen molar-refractivity contribution in [3.8, 4) is 0 Å². The summed E-state index contributed by atoms with van der Waals surface area (Å²) in [7, 11) is 0. The Bertz CT molecular complexity index is 341. The third-order valence-corrected chi connectivity index (χ3v) is 4.49. The molecule has 0 bridgehead atoms. The van der Waals surface area contributed by atoms with Crippen molar-refractivity contribution >= 4 is 21.8 Å². The van der Waals surface area contributed by atoms with E-state index in [0.717, 1.165) is 18.2 Å². The van der Waals surface area contributed by atoms with Crippen LogP contribution in [0.25, 0.3) is 0 Å². The molecule has 3 nitrogen and oxygen atoms in total. The first-order valence-electron chi connectivity index (χ1n) is 5.92. The van der Waals surface area contributed by atoms with Crippen LogP contribution in [0, 0.1) is 5.41 Å². The van der Waals surface area contributed by atoms with Crippen molar-refractivity contribution in [2.24, 2.45) is 5.41 Å². The van der Waals surface area contributed by atoms with Crippen LogP contribution in [-0.2, 0) is 0 Å². The number of aromatic nitrogens is 1. The number of nitrogens with one attached hydrogen (secondary N) is 1. The Kier molecular flexibility index (Phi) is 5.62. The Balaban J connectivity index is 2.59. The zero-order chi connectivity index (χ0) is 12.7. The van der Waals surface area contributed by atoms with Crippen molar-refractivity contribution in [1.29, 1.82) is 0 Å². The number of pyridine rings is 1. The number of carbonyl (C=O) groups is 1. The van der Waals surface area contributed by atoms with E-state index in [4.69, 9.17) is 0 Å². The zero-order valence-electron chi connectivity index (χ0n) is 10.4. The molecule has 1 rings (SSSR count). The highest BCUT2D eigenvalue weighted by molar-refractivity contribution is 9.09. The van der Waals surface area contributed by atoms with E-state index in [2.05, 4.69) is 40.1 Å². The van der Waals surface area contributed by atoms with Crippen LogP contribution in [0.5, 0.6) is 0 Å². The molecule has 0 fully saturated rings. The lowest BCUT2D eigenvalue weighted by molar-refractivity contribution is 0.0927. The second-order valence-electron chi connectivity index (χ2n) is 4.24. The molecule has 17 heavy (non-hydrogen) atoms. The maximum atomic E-state index is 11.9. The average molecular weight is 299 g/mol. The molecule has 0 aliphatic heterocycles. The Morgan fingerprint density at radius 1 is 1.41 bits per heavy atom. The van der Waals surface area contributed by atoms with Crippen molar-refractivity contribution < 1.29 is 4.79 Å². The molecule has 1 N–H and O–H groups in total. The average Bonchev–Trinajstić information content (AvgIpc) is 2.41. The smallest absolute Gasteiger partial charge is 0.269 e. The molecule has 1 heterocycles. The molecule has 4 heteroatoms. The fourth-order valence-electron chi connectivity index (χ4n) is 1.59. The van der Waals surface area contributed by atoms with Gasteiger partial charge in [0.05, 0.1) is 0 Å². The lowest BCUT2D eigenvalue weighted by Gasteiger charge is -2.29. The van der Waals surface area contributed by atoms with Gasteiger partial charge in [0.2, 0.25) is 0 Å². The van der Waals surface area contributed by atoms with E-state index in [1.165, 1.54) is 0 Å². The van der Waals surface area contributed by atoms with Gasteiger partial charge in [0, 0.05) is 18.1 Å². The van der Waals surface area contributed by atoms with E-state index in [1.54, 1.807) is 18.3 Å². The molecule has 0 radical (unpaired) electrons. The van der Waals surface area contributed by atoms with Crippen LogP contribution in [0.2, 0.25) is 0 Å². The summed E-state index contributed by atoms with van der Waals surface area (Å²) in [5.41, 5.74) is 0.618. The number of halogens is 1. The number of hydrogen-bond acceptors (Lipinski definition) is 2. The minimum atomic E-state index is -0.0992. The normalized spacial score (nSPS) is 11.2. The lowest BCUT2D eigenvalue weighted by atomic mass is 9.84. The minimum Gasteiger partial charge on any atom is -0.350 e. The van der Waals surface area contributed by atoms with Gasteiger partial charge in [0.15, 0.2) is 0 Å². The molecule has 0 unspecified atom stereocenters. The quantitative estimate of drug-likeness (QED) is 0.820. The van der Waals surface area contributed by atoms with Gasteiger partial charge < -0.3 is 5.32 Å². The monoisotopic (exact) mass is 298 g/mol. The van der Waals surface area contributed by atoms with Gasteiger partial charge in [-0.1, -0.05) is 35.8 Å². The van der Waals surface area contributed by atoms with Crippen LogP contribution in [0.15, 0.2) is 24.4 Å². The van der Waals surface area contributed by atoms with Gasteiger partial charge in [0.1, 0.15) is 5.69 Å². The summed E-state index contributed by atoms with van der Waals surface area (Å²) < 4.78 is 0. The van der Waals surface area contributed by atoms with Crippen LogP contribution in [0.3, 0.4) is 0 Å². The lowest BCUT2D eigenvalue weighted by Crippen LogP contribution is -2.38. The molecular formula is C13H19BrN2O. The Morgan fingerprint density at radius 2 is 2.12 bits per heavy atom. The highest BCUT2D eigenvalue weighted by Gasteiger charge is 2.25. The number of alkyl halides is 1. The number of rotatable bonds is 6. The van der Waals surface area contributed by atoms with Gasteiger partial charge in [-0.05, 0) is 30.4 Å². The highest BCUT2D eigenvalue weighted by Crippen LogP contribution is 2.27. The van der Waals surface area contributed by atoms with Gasteiger partial charge in [-0.15, -0.1) is 0 Å². The van der Waals surface area contributed by atoms with Gasteiger partial charge in [-0.2, -0.15) is 0 Å². The number of hydrogen-bond donors (Lipinski definition) is 1. The molecule has 0 aliphatic carbocycles. The van der Waals surface area contributed by atoms with Crippen LogP contribution < -0.4 is 5.32 Å².